The van der Waals surface area contributed by atoms with Crippen LogP contribution in [-0.2, 0) is 17.8 Å². The van der Waals surface area contributed by atoms with Crippen LogP contribution < -0.4 is 15.8 Å². The summed E-state index contributed by atoms with van der Waals surface area (Å²) in [6, 6.07) is 11.2. The Hall–Kier alpha value is -2.40. The third kappa shape index (κ3) is 4.57. The number of nitrogens with zero attached hydrogens (tertiary/aromatic N) is 1. The van der Waals surface area contributed by atoms with Crippen molar-refractivity contribution in [3.05, 3.63) is 53.7 Å². The summed E-state index contributed by atoms with van der Waals surface area (Å²) in [4.78, 5) is 15.9. The van der Waals surface area contributed by atoms with E-state index < -0.39 is 0 Å². The Morgan fingerprint density at radius 1 is 1.24 bits per heavy atom. The van der Waals surface area contributed by atoms with Crippen molar-refractivity contribution < 1.29 is 9.53 Å². The van der Waals surface area contributed by atoms with Gasteiger partial charge in [-0.2, -0.15) is 0 Å². The maximum Gasteiger partial charge on any atom is 0.263 e. The van der Waals surface area contributed by atoms with E-state index in [4.69, 9.17) is 10.5 Å². The molecule has 0 aliphatic carbocycles. The molecule has 0 radical (unpaired) electrons. The number of carbonyl (C=O) groups is 1. The first-order valence-corrected chi connectivity index (χ1v) is 6.88. The van der Waals surface area contributed by atoms with Gasteiger partial charge in [-0.15, -0.1) is 0 Å². The van der Waals surface area contributed by atoms with Crippen LogP contribution in [0.4, 0.5) is 5.82 Å². The van der Waals surface area contributed by atoms with Crippen LogP contribution in [0.1, 0.15) is 18.1 Å². The van der Waals surface area contributed by atoms with Gasteiger partial charge in [0, 0.05) is 12.7 Å². The van der Waals surface area contributed by atoms with Crippen molar-refractivity contribution >= 4 is 11.7 Å². The average molecular weight is 285 g/mol. The second-order valence-corrected chi connectivity index (χ2v) is 4.59. The Kier molecular flexibility index (Phi) is 5.29. The normalized spacial score (nSPS) is 10.2. The SMILES string of the molecule is CCc1ccc(OCC(=O)Nc2cc(CN)ccn2)cc1. The van der Waals surface area contributed by atoms with Crippen LogP contribution in [-0.4, -0.2) is 17.5 Å². The number of aryl methyl sites for hydroxylation is 1. The highest BCUT2D eigenvalue weighted by Gasteiger charge is 2.05. The van der Waals surface area contributed by atoms with Gasteiger partial charge in [-0.3, -0.25) is 4.79 Å². The topological polar surface area (TPSA) is 77.2 Å². The summed E-state index contributed by atoms with van der Waals surface area (Å²) < 4.78 is 5.43. The first kappa shape index (κ1) is 15.0. The molecule has 21 heavy (non-hydrogen) atoms. The fourth-order valence-electron chi connectivity index (χ4n) is 1.82. The molecule has 0 fully saturated rings. The molecule has 110 valence electrons. The van der Waals surface area contributed by atoms with E-state index in [1.54, 1.807) is 18.3 Å². The van der Waals surface area contributed by atoms with Gasteiger partial charge in [-0.05, 0) is 41.8 Å². The van der Waals surface area contributed by atoms with Gasteiger partial charge in [-0.1, -0.05) is 19.1 Å². The number of hydrogen-bond donors (Lipinski definition) is 2. The lowest BCUT2D eigenvalue weighted by Gasteiger charge is -2.08. The minimum atomic E-state index is -0.253. The molecule has 0 atom stereocenters. The van der Waals surface area contributed by atoms with Crippen molar-refractivity contribution in [1.29, 1.82) is 0 Å². The number of rotatable bonds is 6. The molecular formula is C16H19N3O2. The van der Waals surface area contributed by atoms with Crippen LogP contribution in [0, 0.1) is 0 Å². The van der Waals surface area contributed by atoms with Gasteiger partial charge in [0.15, 0.2) is 6.61 Å². The van der Waals surface area contributed by atoms with E-state index in [0.717, 1.165) is 12.0 Å². The second-order valence-electron chi connectivity index (χ2n) is 4.59. The van der Waals surface area contributed by atoms with Crippen LogP contribution in [0.25, 0.3) is 0 Å². The average Bonchev–Trinajstić information content (AvgIpc) is 2.53. The molecule has 1 aromatic carbocycles. The Bertz CT molecular complexity index is 597. The summed E-state index contributed by atoms with van der Waals surface area (Å²) in [5.74, 6) is 0.898. The van der Waals surface area contributed by atoms with Gasteiger partial charge < -0.3 is 15.8 Å². The number of nitrogens with one attached hydrogen (secondary N) is 1. The van der Waals surface area contributed by atoms with E-state index in [1.807, 2.05) is 24.3 Å². The Balaban J connectivity index is 1.86. The lowest BCUT2D eigenvalue weighted by Crippen LogP contribution is -2.20. The van der Waals surface area contributed by atoms with Crippen molar-refractivity contribution in [1.82, 2.24) is 4.98 Å². The van der Waals surface area contributed by atoms with Crippen molar-refractivity contribution in [3.8, 4) is 5.75 Å². The molecular weight excluding hydrogens is 266 g/mol. The van der Waals surface area contributed by atoms with E-state index in [1.165, 1.54) is 5.56 Å². The molecule has 0 spiro atoms. The number of benzene rings is 1. The Morgan fingerprint density at radius 2 is 2.00 bits per heavy atom. The molecule has 0 bridgehead atoms. The summed E-state index contributed by atoms with van der Waals surface area (Å²) in [5.41, 5.74) is 7.69. The third-order valence-electron chi connectivity index (χ3n) is 3.03. The third-order valence-corrected chi connectivity index (χ3v) is 3.03. The summed E-state index contributed by atoms with van der Waals surface area (Å²) in [7, 11) is 0. The largest absolute Gasteiger partial charge is 0.484 e. The van der Waals surface area contributed by atoms with Gasteiger partial charge >= 0.3 is 0 Å². The molecule has 1 heterocycles. The van der Waals surface area contributed by atoms with Gasteiger partial charge in [0.25, 0.3) is 5.91 Å². The minimum Gasteiger partial charge on any atom is -0.484 e. The van der Waals surface area contributed by atoms with Crippen LogP contribution in [0.3, 0.4) is 0 Å². The molecule has 0 aliphatic rings. The monoisotopic (exact) mass is 285 g/mol. The predicted octanol–water partition coefficient (Wildman–Crippen LogP) is 2.12. The number of nitrogens with two attached hydrogens (primary N) is 1. The Labute approximate surface area is 124 Å². The fourth-order valence-corrected chi connectivity index (χ4v) is 1.82. The number of pyridine rings is 1. The highest BCUT2D eigenvalue weighted by Crippen LogP contribution is 2.12. The zero-order valence-electron chi connectivity index (χ0n) is 12.0. The van der Waals surface area contributed by atoms with Crippen LogP contribution in [0.15, 0.2) is 42.6 Å². The fraction of sp³-hybridized carbons (Fsp3) is 0.250. The number of carbonyl (C=O) groups excluding carboxylic acids is 1. The van der Waals surface area contributed by atoms with Crippen molar-refractivity contribution in [2.24, 2.45) is 5.73 Å². The quantitative estimate of drug-likeness (QED) is 0.852. The summed E-state index contributed by atoms with van der Waals surface area (Å²) in [5, 5.41) is 2.68. The Morgan fingerprint density at radius 3 is 2.67 bits per heavy atom. The molecule has 0 aliphatic heterocycles. The molecule has 1 amide bonds. The zero-order chi connectivity index (χ0) is 15.1. The molecule has 2 aromatic rings. The molecule has 5 heteroatoms. The van der Waals surface area contributed by atoms with Gasteiger partial charge in [0.2, 0.25) is 0 Å². The molecule has 3 N–H and O–H groups in total. The molecule has 0 saturated carbocycles. The standard InChI is InChI=1S/C16H19N3O2/c1-2-12-3-5-14(6-4-12)21-11-16(20)19-15-9-13(10-17)7-8-18-15/h3-9H,2,10-11,17H2,1H3,(H,18,19,20). The highest BCUT2D eigenvalue weighted by atomic mass is 16.5. The highest BCUT2D eigenvalue weighted by molar-refractivity contribution is 5.91. The smallest absolute Gasteiger partial charge is 0.263 e. The number of ether oxygens (including phenoxy) is 1. The second kappa shape index (κ2) is 7.40. The van der Waals surface area contributed by atoms with Crippen LogP contribution in [0.2, 0.25) is 0 Å². The predicted molar refractivity (Wildman–Crippen MR) is 82.1 cm³/mol. The van der Waals surface area contributed by atoms with E-state index >= 15 is 0 Å². The maximum absolute atomic E-state index is 11.8. The number of amides is 1. The number of anilines is 1. The summed E-state index contributed by atoms with van der Waals surface area (Å²) in [6.07, 6.45) is 2.59. The maximum atomic E-state index is 11.8. The summed E-state index contributed by atoms with van der Waals surface area (Å²) >= 11 is 0. The number of hydrogen-bond acceptors (Lipinski definition) is 4. The van der Waals surface area contributed by atoms with Crippen molar-refractivity contribution in [3.63, 3.8) is 0 Å². The molecule has 0 unspecified atom stereocenters. The van der Waals surface area contributed by atoms with E-state index in [-0.39, 0.29) is 12.5 Å². The van der Waals surface area contributed by atoms with Gasteiger partial charge in [0.1, 0.15) is 11.6 Å². The number of aromatic nitrogens is 1. The lowest BCUT2D eigenvalue weighted by atomic mass is 10.2. The minimum absolute atomic E-state index is 0.0556. The molecule has 1 aromatic heterocycles. The van der Waals surface area contributed by atoms with Crippen LogP contribution in [0.5, 0.6) is 5.75 Å². The summed E-state index contributed by atoms with van der Waals surface area (Å²) in [6.45, 7) is 2.44. The zero-order valence-corrected chi connectivity index (χ0v) is 12.0. The molecule has 2 rings (SSSR count). The van der Waals surface area contributed by atoms with E-state index in [0.29, 0.717) is 18.1 Å². The van der Waals surface area contributed by atoms with Crippen molar-refractivity contribution in [2.45, 2.75) is 19.9 Å². The lowest BCUT2D eigenvalue weighted by molar-refractivity contribution is -0.118. The van der Waals surface area contributed by atoms with E-state index in [2.05, 4.69) is 17.2 Å². The van der Waals surface area contributed by atoms with Gasteiger partial charge in [0.05, 0.1) is 0 Å². The first-order chi connectivity index (χ1) is 10.2. The first-order valence-electron chi connectivity index (χ1n) is 6.88. The van der Waals surface area contributed by atoms with Crippen LogP contribution >= 0.6 is 0 Å². The molecule has 0 saturated heterocycles. The molecule has 5 nitrogen and oxygen atoms in total. The van der Waals surface area contributed by atoms with E-state index in [9.17, 15) is 4.79 Å². The van der Waals surface area contributed by atoms with Gasteiger partial charge in [-0.25, -0.2) is 4.98 Å². The van der Waals surface area contributed by atoms with Crippen molar-refractivity contribution in [2.75, 3.05) is 11.9 Å².